The lowest BCUT2D eigenvalue weighted by Crippen LogP contribution is -2.41. The zero-order chi connectivity index (χ0) is 15.6. The number of hydrogen-bond donors (Lipinski definition) is 1. The molecule has 0 spiro atoms. The van der Waals surface area contributed by atoms with Gasteiger partial charge in [-0.2, -0.15) is 0 Å². The summed E-state index contributed by atoms with van der Waals surface area (Å²) in [7, 11) is 0. The molecule has 2 atom stereocenters. The predicted molar refractivity (Wildman–Crippen MR) is 91.4 cm³/mol. The van der Waals surface area contributed by atoms with Gasteiger partial charge in [-0.25, -0.2) is 0 Å². The van der Waals surface area contributed by atoms with Crippen LogP contribution in [0.2, 0.25) is 0 Å². The van der Waals surface area contributed by atoms with E-state index in [1.54, 1.807) is 0 Å². The third-order valence-corrected chi connectivity index (χ3v) is 5.29. The standard InChI is InChI=1S/C19H37NO/c1-4-6-8-10-12-16-19(3,15-11-9-7-5-2)17-13-14-18(21)20-17/h17H,4-16H2,1-3H3,(H,20,21). The molecule has 1 aliphatic heterocycles. The molecule has 2 unspecified atom stereocenters. The lowest BCUT2D eigenvalue weighted by Gasteiger charge is -2.36. The molecule has 1 amide bonds. The van der Waals surface area contributed by atoms with Crippen molar-refractivity contribution in [2.24, 2.45) is 5.41 Å². The summed E-state index contributed by atoms with van der Waals surface area (Å²) < 4.78 is 0. The van der Waals surface area contributed by atoms with Gasteiger partial charge in [0, 0.05) is 12.5 Å². The van der Waals surface area contributed by atoms with E-state index in [1.165, 1.54) is 70.6 Å². The summed E-state index contributed by atoms with van der Waals surface area (Å²) in [5.41, 5.74) is 0.326. The second-order valence-corrected chi connectivity index (χ2v) is 7.29. The third-order valence-electron chi connectivity index (χ3n) is 5.29. The fourth-order valence-corrected chi connectivity index (χ4v) is 3.70. The molecule has 1 aliphatic rings. The summed E-state index contributed by atoms with van der Waals surface area (Å²) in [4.78, 5) is 11.6. The molecule has 1 rings (SSSR count). The minimum absolute atomic E-state index is 0.269. The average molecular weight is 296 g/mol. The molecular weight excluding hydrogens is 258 g/mol. The number of hydrogen-bond acceptors (Lipinski definition) is 1. The summed E-state index contributed by atoms with van der Waals surface area (Å²) in [6, 6.07) is 0.429. The Bertz CT molecular complexity index is 289. The van der Waals surface area contributed by atoms with Gasteiger partial charge in [0.05, 0.1) is 0 Å². The first kappa shape index (κ1) is 18.5. The highest BCUT2D eigenvalue weighted by Gasteiger charge is 2.37. The van der Waals surface area contributed by atoms with Crippen LogP contribution in [0.1, 0.15) is 104 Å². The molecule has 124 valence electrons. The quantitative estimate of drug-likeness (QED) is 0.466. The lowest BCUT2D eigenvalue weighted by atomic mass is 9.73. The Morgan fingerprint density at radius 2 is 1.48 bits per heavy atom. The lowest BCUT2D eigenvalue weighted by molar-refractivity contribution is -0.119. The second-order valence-electron chi connectivity index (χ2n) is 7.29. The first-order valence-corrected chi connectivity index (χ1v) is 9.41. The topological polar surface area (TPSA) is 29.1 Å². The van der Waals surface area contributed by atoms with Crippen molar-refractivity contribution in [3.63, 3.8) is 0 Å². The molecule has 1 N–H and O–H groups in total. The Kier molecular flexibility index (Phi) is 9.03. The number of amides is 1. The van der Waals surface area contributed by atoms with Crippen LogP contribution in [0.3, 0.4) is 0 Å². The monoisotopic (exact) mass is 295 g/mol. The highest BCUT2D eigenvalue weighted by Crippen LogP contribution is 2.38. The van der Waals surface area contributed by atoms with Crippen molar-refractivity contribution in [3.8, 4) is 0 Å². The Morgan fingerprint density at radius 3 is 1.95 bits per heavy atom. The average Bonchev–Trinajstić information content (AvgIpc) is 2.91. The summed E-state index contributed by atoms with van der Waals surface area (Å²) in [5.74, 6) is 0.269. The van der Waals surface area contributed by atoms with E-state index in [9.17, 15) is 4.79 Å². The van der Waals surface area contributed by atoms with Gasteiger partial charge in [0.15, 0.2) is 0 Å². The first-order chi connectivity index (χ1) is 10.1. The highest BCUT2D eigenvalue weighted by atomic mass is 16.1. The highest BCUT2D eigenvalue weighted by molar-refractivity contribution is 5.78. The maximum absolute atomic E-state index is 11.6. The van der Waals surface area contributed by atoms with Crippen LogP contribution in [0.4, 0.5) is 0 Å². The molecule has 2 heteroatoms. The van der Waals surface area contributed by atoms with Crippen molar-refractivity contribution in [3.05, 3.63) is 0 Å². The van der Waals surface area contributed by atoms with Gasteiger partial charge < -0.3 is 5.32 Å². The smallest absolute Gasteiger partial charge is 0.220 e. The van der Waals surface area contributed by atoms with Gasteiger partial charge in [0.2, 0.25) is 5.91 Å². The van der Waals surface area contributed by atoms with E-state index in [0.717, 1.165) is 12.8 Å². The summed E-state index contributed by atoms with van der Waals surface area (Å²) >= 11 is 0. The third kappa shape index (κ3) is 6.84. The van der Waals surface area contributed by atoms with E-state index >= 15 is 0 Å². The van der Waals surface area contributed by atoms with Crippen LogP contribution in [-0.4, -0.2) is 11.9 Å². The zero-order valence-corrected chi connectivity index (χ0v) is 14.7. The maximum atomic E-state index is 11.6. The Hall–Kier alpha value is -0.530. The zero-order valence-electron chi connectivity index (χ0n) is 14.7. The van der Waals surface area contributed by atoms with Crippen LogP contribution in [0.25, 0.3) is 0 Å². The van der Waals surface area contributed by atoms with Crippen molar-refractivity contribution in [1.29, 1.82) is 0 Å². The van der Waals surface area contributed by atoms with E-state index in [4.69, 9.17) is 0 Å². The van der Waals surface area contributed by atoms with Crippen LogP contribution in [0.5, 0.6) is 0 Å². The molecule has 0 radical (unpaired) electrons. The SMILES string of the molecule is CCCCCCCC(C)(CCCCCC)C1CCC(=O)N1. The molecular formula is C19H37NO. The normalized spacial score (nSPS) is 21.3. The molecule has 0 aromatic heterocycles. The molecule has 0 aliphatic carbocycles. The van der Waals surface area contributed by atoms with Gasteiger partial charge in [-0.1, -0.05) is 78.6 Å². The number of nitrogens with one attached hydrogen (secondary N) is 1. The van der Waals surface area contributed by atoms with E-state index in [-0.39, 0.29) is 5.91 Å². The molecule has 21 heavy (non-hydrogen) atoms. The fraction of sp³-hybridized carbons (Fsp3) is 0.947. The van der Waals surface area contributed by atoms with Gasteiger partial charge in [-0.05, 0) is 24.7 Å². The largest absolute Gasteiger partial charge is 0.353 e. The van der Waals surface area contributed by atoms with Gasteiger partial charge >= 0.3 is 0 Å². The summed E-state index contributed by atoms with van der Waals surface area (Å²) in [6.45, 7) is 6.96. The second kappa shape index (κ2) is 10.2. The number of rotatable bonds is 12. The van der Waals surface area contributed by atoms with Crippen LogP contribution >= 0.6 is 0 Å². The Balaban J connectivity index is 2.42. The van der Waals surface area contributed by atoms with Crippen molar-refractivity contribution in [2.75, 3.05) is 0 Å². The minimum Gasteiger partial charge on any atom is -0.353 e. The summed E-state index contributed by atoms with van der Waals surface area (Å²) in [5, 5.41) is 3.25. The Morgan fingerprint density at radius 1 is 0.952 bits per heavy atom. The molecule has 0 aromatic rings. The van der Waals surface area contributed by atoms with Crippen molar-refractivity contribution < 1.29 is 4.79 Å². The molecule has 0 saturated carbocycles. The molecule has 1 saturated heterocycles. The van der Waals surface area contributed by atoms with Crippen LogP contribution in [0.15, 0.2) is 0 Å². The first-order valence-electron chi connectivity index (χ1n) is 9.41. The Labute approximate surface area is 132 Å². The number of carbonyl (C=O) groups excluding carboxylic acids is 1. The molecule has 0 bridgehead atoms. The molecule has 1 heterocycles. The van der Waals surface area contributed by atoms with Gasteiger partial charge in [-0.3, -0.25) is 4.79 Å². The van der Waals surface area contributed by atoms with Gasteiger partial charge in [0.1, 0.15) is 0 Å². The maximum Gasteiger partial charge on any atom is 0.220 e. The number of carbonyl (C=O) groups is 1. The van der Waals surface area contributed by atoms with Crippen molar-refractivity contribution >= 4 is 5.91 Å². The minimum atomic E-state index is 0.269. The van der Waals surface area contributed by atoms with E-state index in [1.807, 2.05) is 0 Å². The molecule has 0 aromatic carbocycles. The van der Waals surface area contributed by atoms with Gasteiger partial charge in [-0.15, -0.1) is 0 Å². The number of unbranched alkanes of at least 4 members (excludes halogenated alkanes) is 7. The van der Waals surface area contributed by atoms with Gasteiger partial charge in [0.25, 0.3) is 0 Å². The summed E-state index contributed by atoms with van der Waals surface area (Å²) in [6.07, 6.45) is 16.4. The van der Waals surface area contributed by atoms with E-state index in [2.05, 4.69) is 26.1 Å². The van der Waals surface area contributed by atoms with Crippen LogP contribution < -0.4 is 5.32 Å². The predicted octanol–water partition coefficient (Wildman–Crippen LogP) is 5.60. The molecule has 1 fully saturated rings. The van der Waals surface area contributed by atoms with E-state index in [0.29, 0.717) is 11.5 Å². The van der Waals surface area contributed by atoms with Crippen LogP contribution in [-0.2, 0) is 4.79 Å². The van der Waals surface area contributed by atoms with Crippen molar-refractivity contribution in [1.82, 2.24) is 5.32 Å². The van der Waals surface area contributed by atoms with E-state index < -0.39 is 0 Å². The van der Waals surface area contributed by atoms with Crippen molar-refractivity contribution in [2.45, 2.75) is 110 Å². The fourth-order valence-electron chi connectivity index (χ4n) is 3.70. The van der Waals surface area contributed by atoms with Crippen LogP contribution in [0, 0.1) is 5.41 Å². The molecule has 2 nitrogen and oxygen atoms in total.